The van der Waals surface area contributed by atoms with Crippen molar-refractivity contribution in [2.45, 2.75) is 25.2 Å². The summed E-state index contributed by atoms with van der Waals surface area (Å²) in [5.74, 6) is -0.284. The summed E-state index contributed by atoms with van der Waals surface area (Å²) in [5, 5.41) is 9.89. The van der Waals surface area contributed by atoms with Crippen LogP contribution in [0.15, 0.2) is 30.3 Å². The molecule has 1 N–H and O–H groups in total. The van der Waals surface area contributed by atoms with E-state index in [1.807, 2.05) is 30.3 Å². The molecule has 3 nitrogen and oxygen atoms in total. The van der Waals surface area contributed by atoms with Gasteiger partial charge in [-0.3, -0.25) is 4.79 Å². The van der Waals surface area contributed by atoms with Crippen LogP contribution in [-0.4, -0.2) is 16.1 Å². The molecule has 1 saturated carbocycles. The van der Waals surface area contributed by atoms with Gasteiger partial charge in [0.15, 0.2) is 0 Å². The van der Waals surface area contributed by atoms with Crippen LogP contribution in [0, 0.1) is 0 Å². The molecule has 0 bridgehead atoms. The molecule has 0 spiro atoms. The number of hydrogen-bond acceptors (Lipinski definition) is 3. The van der Waals surface area contributed by atoms with Gasteiger partial charge in [-0.2, -0.15) is 0 Å². The molecule has 1 aliphatic rings. The van der Waals surface area contributed by atoms with Gasteiger partial charge in [0.25, 0.3) is 0 Å². The Labute approximate surface area is 109 Å². The first-order valence-corrected chi connectivity index (χ1v) is 6.82. The molecule has 3 rings (SSSR count). The average molecular weight is 259 g/mol. The van der Waals surface area contributed by atoms with Crippen LogP contribution >= 0.6 is 11.3 Å². The third kappa shape index (κ3) is 2.29. The van der Waals surface area contributed by atoms with Gasteiger partial charge in [0.2, 0.25) is 0 Å². The molecule has 0 unspecified atom stereocenters. The van der Waals surface area contributed by atoms with Gasteiger partial charge in [-0.1, -0.05) is 30.3 Å². The number of carboxylic acid groups (broad SMARTS) is 1. The van der Waals surface area contributed by atoms with Crippen molar-refractivity contribution in [2.24, 2.45) is 0 Å². The molecule has 0 radical (unpaired) electrons. The monoisotopic (exact) mass is 259 g/mol. The topological polar surface area (TPSA) is 50.2 Å². The van der Waals surface area contributed by atoms with Crippen molar-refractivity contribution >= 4 is 17.3 Å². The lowest BCUT2D eigenvalue weighted by Gasteiger charge is -1.95. The second-order valence-corrected chi connectivity index (χ2v) is 5.62. The highest BCUT2D eigenvalue weighted by atomic mass is 32.1. The number of hydrogen-bond donors (Lipinski definition) is 1. The number of aliphatic carboxylic acids is 1. The second kappa shape index (κ2) is 4.53. The van der Waals surface area contributed by atoms with Crippen LogP contribution in [0.2, 0.25) is 0 Å². The molecule has 1 aromatic carbocycles. The lowest BCUT2D eigenvalue weighted by molar-refractivity contribution is -0.136. The van der Waals surface area contributed by atoms with Crippen LogP contribution < -0.4 is 0 Å². The van der Waals surface area contributed by atoms with E-state index in [2.05, 4.69) is 4.98 Å². The number of rotatable bonds is 4. The summed E-state index contributed by atoms with van der Waals surface area (Å²) in [6.45, 7) is 0. The normalized spacial score (nSPS) is 14.7. The van der Waals surface area contributed by atoms with E-state index in [-0.39, 0.29) is 6.42 Å². The third-order valence-electron chi connectivity index (χ3n) is 3.02. The van der Waals surface area contributed by atoms with Crippen molar-refractivity contribution in [1.29, 1.82) is 0 Å². The lowest BCUT2D eigenvalue weighted by Crippen LogP contribution is -2.00. The minimum Gasteiger partial charge on any atom is -0.481 e. The van der Waals surface area contributed by atoms with Gasteiger partial charge in [0.1, 0.15) is 5.01 Å². The third-order valence-corrected chi connectivity index (χ3v) is 4.14. The van der Waals surface area contributed by atoms with Gasteiger partial charge in [-0.05, 0) is 12.8 Å². The van der Waals surface area contributed by atoms with Gasteiger partial charge >= 0.3 is 5.97 Å². The Bertz CT molecular complexity index is 573. The molecule has 92 valence electrons. The van der Waals surface area contributed by atoms with E-state index in [1.165, 1.54) is 11.3 Å². The Hall–Kier alpha value is -1.68. The van der Waals surface area contributed by atoms with Crippen LogP contribution in [-0.2, 0) is 11.2 Å². The van der Waals surface area contributed by atoms with Crippen molar-refractivity contribution in [3.05, 3.63) is 40.9 Å². The predicted octanol–water partition coefficient (Wildman–Crippen LogP) is 3.31. The zero-order valence-electron chi connectivity index (χ0n) is 9.80. The molecule has 1 aromatic heterocycles. The molecule has 18 heavy (non-hydrogen) atoms. The molecule has 0 amide bonds. The smallest absolute Gasteiger partial charge is 0.308 e. The molecular weight excluding hydrogens is 246 g/mol. The summed E-state index contributed by atoms with van der Waals surface area (Å²) < 4.78 is 0. The highest BCUT2D eigenvalue weighted by molar-refractivity contribution is 7.15. The maximum Gasteiger partial charge on any atom is 0.308 e. The van der Waals surface area contributed by atoms with E-state index < -0.39 is 5.97 Å². The highest BCUT2D eigenvalue weighted by Gasteiger charge is 2.30. The maximum absolute atomic E-state index is 10.9. The van der Waals surface area contributed by atoms with Crippen molar-refractivity contribution in [3.63, 3.8) is 0 Å². The maximum atomic E-state index is 10.9. The predicted molar refractivity (Wildman–Crippen MR) is 70.9 cm³/mol. The van der Waals surface area contributed by atoms with Crippen LogP contribution in [0.5, 0.6) is 0 Å². The van der Waals surface area contributed by atoms with E-state index >= 15 is 0 Å². The molecule has 1 fully saturated rings. The number of thiazole rings is 1. The van der Waals surface area contributed by atoms with E-state index in [4.69, 9.17) is 5.11 Å². The van der Waals surface area contributed by atoms with Gasteiger partial charge in [0, 0.05) is 16.4 Å². The summed E-state index contributed by atoms with van der Waals surface area (Å²) in [6.07, 6.45) is 2.38. The van der Waals surface area contributed by atoms with Crippen molar-refractivity contribution in [2.75, 3.05) is 0 Å². The van der Waals surface area contributed by atoms with Gasteiger partial charge < -0.3 is 5.11 Å². The SMILES string of the molecule is O=C(O)Cc1sc(-c2ccccc2)nc1C1CC1. The summed E-state index contributed by atoms with van der Waals surface area (Å²) in [4.78, 5) is 16.5. The van der Waals surface area contributed by atoms with Gasteiger partial charge in [0.05, 0.1) is 12.1 Å². The summed E-state index contributed by atoms with van der Waals surface area (Å²) in [6, 6.07) is 9.95. The van der Waals surface area contributed by atoms with E-state index in [0.29, 0.717) is 5.92 Å². The molecule has 1 aliphatic carbocycles. The Morgan fingerprint density at radius 2 is 2.06 bits per heavy atom. The minimum atomic E-state index is -0.778. The van der Waals surface area contributed by atoms with E-state index in [0.717, 1.165) is 34.0 Å². The first-order chi connectivity index (χ1) is 8.74. The minimum absolute atomic E-state index is 0.0936. The standard InChI is InChI=1S/C14H13NO2S/c16-12(17)8-11-13(9-6-7-9)15-14(18-11)10-4-2-1-3-5-10/h1-5,9H,6-8H2,(H,16,17). The number of benzene rings is 1. The number of aromatic nitrogens is 1. The Balaban J connectivity index is 1.99. The van der Waals surface area contributed by atoms with Crippen molar-refractivity contribution < 1.29 is 9.90 Å². The quantitative estimate of drug-likeness (QED) is 0.916. The zero-order valence-corrected chi connectivity index (χ0v) is 10.6. The number of carbonyl (C=O) groups is 1. The highest BCUT2D eigenvalue weighted by Crippen LogP contribution is 2.44. The molecule has 4 heteroatoms. The van der Waals surface area contributed by atoms with Gasteiger partial charge in [-0.25, -0.2) is 4.98 Å². The molecule has 2 aromatic rings. The molecular formula is C14H13NO2S. The fourth-order valence-electron chi connectivity index (χ4n) is 2.01. The van der Waals surface area contributed by atoms with E-state index in [1.54, 1.807) is 0 Å². The molecule has 0 saturated heterocycles. The molecule has 0 atom stereocenters. The van der Waals surface area contributed by atoms with Crippen LogP contribution in [0.1, 0.15) is 29.3 Å². The number of carboxylic acids is 1. The van der Waals surface area contributed by atoms with E-state index in [9.17, 15) is 4.79 Å². The second-order valence-electron chi connectivity index (χ2n) is 4.54. The lowest BCUT2D eigenvalue weighted by atomic mass is 10.2. The summed E-state index contributed by atoms with van der Waals surface area (Å²) >= 11 is 1.52. The Kier molecular flexibility index (Phi) is 2.88. The first kappa shape index (κ1) is 11.4. The zero-order chi connectivity index (χ0) is 12.5. The molecule has 1 heterocycles. The van der Waals surface area contributed by atoms with Gasteiger partial charge in [-0.15, -0.1) is 11.3 Å². The van der Waals surface area contributed by atoms with Crippen molar-refractivity contribution in [1.82, 2.24) is 4.98 Å². The summed E-state index contributed by atoms with van der Waals surface area (Å²) in [7, 11) is 0. The molecule has 0 aliphatic heterocycles. The number of nitrogens with zero attached hydrogens (tertiary/aromatic N) is 1. The largest absolute Gasteiger partial charge is 0.481 e. The fraction of sp³-hybridized carbons (Fsp3) is 0.286. The van der Waals surface area contributed by atoms with Crippen LogP contribution in [0.4, 0.5) is 0 Å². The van der Waals surface area contributed by atoms with Crippen LogP contribution in [0.25, 0.3) is 10.6 Å². The Morgan fingerprint density at radius 1 is 1.33 bits per heavy atom. The Morgan fingerprint density at radius 3 is 2.67 bits per heavy atom. The summed E-state index contributed by atoms with van der Waals surface area (Å²) in [5.41, 5.74) is 2.09. The fourth-order valence-corrected chi connectivity index (χ4v) is 3.15. The first-order valence-electron chi connectivity index (χ1n) is 6.01. The average Bonchev–Trinajstić information content (AvgIpc) is 3.12. The van der Waals surface area contributed by atoms with Crippen LogP contribution in [0.3, 0.4) is 0 Å². The van der Waals surface area contributed by atoms with Crippen molar-refractivity contribution in [3.8, 4) is 10.6 Å².